The number of para-hydroxylation sites is 1. The number of amides is 2. The van der Waals surface area contributed by atoms with Gasteiger partial charge in [0.2, 0.25) is 11.8 Å². The smallest absolute Gasteiger partial charge is 0.273 e. The monoisotopic (exact) mass is 325 g/mol. The molecule has 0 radical (unpaired) electrons. The molecular weight excluding hydrogens is 310 g/mol. The van der Waals surface area contributed by atoms with Crippen LogP contribution in [0.4, 0.5) is 17.1 Å². The summed E-state index contributed by atoms with van der Waals surface area (Å²) >= 11 is 0. The number of hydrogen-bond acceptors (Lipinski definition) is 4. The minimum atomic E-state index is -0.496. The highest BCUT2D eigenvalue weighted by Crippen LogP contribution is 2.26. The van der Waals surface area contributed by atoms with Gasteiger partial charge >= 0.3 is 0 Å². The second-order valence-corrected chi connectivity index (χ2v) is 5.53. The predicted molar refractivity (Wildman–Crippen MR) is 88.8 cm³/mol. The zero-order valence-corrected chi connectivity index (χ0v) is 12.7. The molecule has 0 aliphatic carbocycles. The number of carbonyl (C=O) groups excluding carboxylic acids is 2. The van der Waals surface area contributed by atoms with Gasteiger partial charge in [-0.2, -0.15) is 0 Å². The number of nitro groups is 1. The molecule has 0 saturated heterocycles. The maximum Gasteiger partial charge on any atom is 0.273 e. The van der Waals surface area contributed by atoms with Gasteiger partial charge in [-0.05, 0) is 30.2 Å². The molecule has 7 nitrogen and oxygen atoms in total. The van der Waals surface area contributed by atoms with Crippen LogP contribution in [-0.4, -0.2) is 16.7 Å². The molecule has 7 heteroatoms. The third-order valence-corrected chi connectivity index (χ3v) is 3.82. The SMILES string of the molecule is O=C(Cc1ccccc1[N+](=O)[O-])Nc1ccc2c(c1)CCC(=O)N2. The summed E-state index contributed by atoms with van der Waals surface area (Å²) in [6.07, 6.45) is 0.959. The van der Waals surface area contributed by atoms with Gasteiger partial charge in [-0.15, -0.1) is 0 Å². The number of hydrogen-bond donors (Lipinski definition) is 2. The Morgan fingerprint density at radius 2 is 2.00 bits per heavy atom. The molecule has 0 atom stereocenters. The molecule has 0 saturated carbocycles. The third-order valence-electron chi connectivity index (χ3n) is 3.82. The molecular formula is C17H15N3O4. The van der Waals surface area contributed by atoms with Crippen LogP contribution < -0.4 is 10.6 Å². The summed E-state index contributed by atoms with van der Waals surface area (Å²) in [5.41, 5.74) is 2.61. The van der Waals surface area contributed by atoms with Crippen molar-refractivity contribution in [3.63, 3.8) is 0 Å². The lowest BCUT2D eigenvalue weighted by molar-refractivity contribution is -0.385. The first-order chi connectivity index (χ1) is 11.5. The zero-order valence-electron chi connectivity index (χ0n) is 12.7. The van der Waals surface area contributed by atoms with Crippen molar-refractivity contribution in [3.8, 4) is 0 Å². The Hall–Kier alpha value is -3.22. The van der Waals surface area contributed by atoms with E-state index in [2.05, 4.69) is 10.6 Å². The number of nitrogens with one attached hydrogen (secondary N) is 2. The van der Waals surface area contributed by atoms with Crippen LogP contribution in [0.5, 0.6) is 0 Å². The van der Waals surface area contributed by atoms with Crippen molar-refractivity contribution in [2.45, 2.75) is 19.3 Å². The minimum Gasteiger partial charge on any atom is -0.326 e. The minimum absolute atomic E-state index is 0.0179. The van der Waals surface area contributed by atoms with Crippen molar-refractivity contribution in [1.29, 1.82) is 0 Å². The van der Waals surface area contributed by atoms with Gasteiger partial charge in [0, 0.05) is 29.4 Å². The van der Waals surface area contributed by atoms with Crippen LogP contribution in [0, 0.1) is 10.1 Å². The van der Waals surface area contributed by atoms with E-state index >= 15 is 0 Å². The van der Waals surface area contributed by atoms with Gasteiger partial charge in [0.05, 0.1) is 11.3 Å². The van der Waals surface area contributed by atoms with Crippen LogP contribution in [0.2, 0.25) is 0 Å². The molecule has 2 amide bonds. The summed E-state index contributed by atoms with van der Waals surface area (Å²) in [5, 5.41) is 16.5. The number of carbonyl (C=O) groups is 2. The molecule has 1 heterocycles. The van der Waals surface area contributed by atoms with Crippen molar-refractivity contribution in [2.24, 2.45) is 0 Å². The van der Waals surface area contributed by atoms with Crippen molar-refractivity contribution in [3.05, 3.63) is 63.7 Å². The summed E-state index contributed by atoms with van der Waals surface area (Å²) < 4.78 is 0. The van der Waals surface area contributed by atoms with E-state index in [1.54, 1.807) is 30.3 Å². The third kappa shape index (κ3) is 3.40. The first-order valence-electron chi connectivity index (χ1n) is 7.48. The molecule has 1 aliphatic rings. The average molecular weight is 325 g/mol. The predicted octanol–water partition coefficient (Wildman–Crippen LogP) is 2.66. The van der Waals surface area contributed by atoms with Gasteiger partial charge < -0.3 is 10.6 Å². The molecule has 0 fully saturated rings. The molecule has 3 rings (SSSR count). The maximum atomic E-state index is 12.2. The Bertz CT molecular complexity index is 832. The number of nitrogens with zero attached hydrogens (tertiary/aromatic N) is 1. The van der Waals surface area contributed by atoms with Gasteiger partial charge in [-0.1, -0.05) is 18.2 Å². The Morgan fingerprint density at radius 1 is 1.21 bits per heavy atom. The van der Waals surface area contributed by atoms with Crippen molar-refractivity contribution in [2.75, 3.05) is 10.6 Å². The molecule has 2 N–H and O–H groups in total. The van der Waals surface area contributed by atoms with Gasteiger partial charge in [0.15, 0.2) is 0 Å². The van der Waals surface area contributed by atoms with E-state index in [0.29, 0.717) is 24.1 Å². The molecule has 0 bridgehead atoms. The van der Waals surface area contributed by atoms with Crippen LogP contribution in [0.1, 0.15) is 17.5 Å². The Labute approximate surface area is 137 Å². The van der Waals surface area contributed by atoms with Crippen LogP contribution in [0.15, 0.2) is 42.5 Å². The molecule has 122 valence electrons. The lowest BCUT2D eigenvalue weighted by Crippen LogP contribution is -2.20. The van der Waals surface area contributed by atoms with E-state index in [9.17, 15) is 19.7 Å². The molecule has 24 heavy (non-hydrogen) atoms. The number of aryl methyl sites for hydroxylation is 1. The highest BCUT2D eigenvalue weighted by Gasteiger charge is 2.17. The lowest BCUT2D eigenvalue weighted by Gasteiger charge is -2.17. The number of benzene rings is 2. The highest BCUT2D eigenvalue weighted by molar-refractivity contribution is 5.96. The van der Waals surface area contributed by atoms with Gasteiger partial charge in [-0.3, -0.25) is 19.7 Å². The van der Waals surface area contributed by atoms with Gasteiger partial charge in [-0.25, -0.2) is 0 Å². The fraction of sp³-hybridized carbons (Fsp3) is 0.176. The van der Waals surface area contributed by atoms with E-state index in [1.165, 1.54) is 6.07 Å². The standard InChI is InChI=1S/C17H15N3O4/c21-16-8-5-11-9-13(6-7-14(11)19-16)18-17(22)10-12-3-1-2-4-15(12)20(23)24/h1-4,6-7,9H,5,8,10H2,(H,18,22)(H,19,21). The largest absolute Gasteiger partial charge is 0.326 e. The topological polar surface area (TPSA) is 101 Å². The Morgan fingerprint density at radius 3 is 2.79 bits per heavy atom. The molecule has 0 aromatic heterocycles. The fourth-order valence-electron chi connectivity index (χ4n) is 2.68. The quantitative estimate of drug-likeness (QED) is 0.666. The van der Waals surface area contributed by atoms with E-state index in [0.717, 1.165) is 11.3 Å². The maximum absolute atomic E-state index is 12.2. The van der Waals surface area contributed by atoms with E-state index in [-0.39, 0.29) is 23.9 Å². The highest BCUT2D eigenvalue weighted by atomic mass is 16.6. The van der Waals surface area contributed by atoms with E-state index in [1.807, 2.05) is 6.07 Å². The first-order valence-corrected chi connectivity index (χ1v) is 7.48. The summed E-state index contributed by atoms with van der Waals surface area (Å²) in [6, 6.07) is 11.4. The second kappa shape index (κ2) is 6.49. The molecule has 1 aliphatic heterocycles. The molecule has 0 unspecified atom stereocenters. The average Bonchev–Trinajstić information content (AvgIpc) is 2.55. The summed E-state index contributed by atoms with van der Waals surface area (Å²) in [6.45, 7) is 0. The summed E-state index contributed by atoms with van der Waals surface area (Å²) in [7, 11) is 0. The number of rotatable bonds is 4. The van der Waals surface area contributed by atoms with Gasteiger partial charge in [0.25, 0.3) is 5.69 Å². The Kier molecular flexibility index (Phi) is 4.24. The van der Waals surface area contributed by atoms with Crippen molar-refractivity contribution < 1.29 is 14.5 Å². The lowest BCUT2D eigenvalue weighted by atomic mass is 10.0. The van der Waals surface area contributed by atoms with Crippen molar-refractivity contribution >= 4 is 28.9 Å². The van der Waals surface area contributed by atoms with Crippen LogP contribution >= 0.6 is 0 Å². The second-order valence-electron chi connectivity index (χ2n) is 5.53. The number of fused-ring (bicyclic) bond motifs is 1. The normalized spacial score (nSPS) is 12.9. The first kappa shape index (κ1) is 15.7. The van der Waals surface area contributed by atoms with Crippen molar-refractivity contribution in [1.82, 2.24) is 0 Å². The van der Waals surface area contributed by atoms with E-state index < -0.39 is 4.92 Å². The van der Waals surface area contributed by atoms with Crippen LogP contribution in [-0.2, 0) is 22.4 Å². The summed E-state index contributed by atoms with van der Waals surface area (Å²) in [4.78, 5) is 34.0. The van der Waals surface area contributed by atoms with Gasteiger partial charge in [0.1, 0.15) is 0 Å². The summed E-state index contributed by atoms with van der Waals surface area (Å²) in [5.74, 6) is -0.347. The molecule has 2 aromatic carbocycles. The molecule has 0 spiro atoms. The zero-order chi connectivity index (χ0) is 17.1. The number of anilines is 2. The molecule has 2 aromatic rings. The van der Waals surface area contributed by atoms with Crippen LogP contribution in [0.25, 0.3) is 0 Å². The Balaban J connectivity index is 1.72. The number of nitro benzene ring substituents is 1. The van der Waals surface area contributed by atoms with E-state index in [4.69, 9.17) is 0 Å². The van der Waals surface area contributed by atoms with Crippen LogP contribution in [0.3, 0.4) is 0 Å². The fourth-order valence-corrected chi connectivity index (χ4v) is 2.68.